The predicted molar refractivity (Wildman–Crippen MR) is 101 cm³/mol. The molecule has 1 aliphatic heterocycles. The number of hydrogen-bond donors (Lipinski definition) is 1. The molecule has 0 bridgehead atoms. The van der Waals surface area contributed by atoms with Crippen LogP contribution in [0.1, 0.15) is 23.2 Å². The van der Waals surface area contributed by atoms with Crippen LogP contribution in [0.15, 0.2) is 30.3 Å². The van der Waals surface area contributed by atoms with Crippen molar-refractivity contribution in [3.63, 3.8) is 0 Å². The first kappa shape index (κ1) is 16.5. The first-order chi connectivity index (χ1) is 13.4. The van der Waals surface area contributed by atoms with E-state index < -0.39 is 0 Å². The Labute approximate surface area is 157 Å². The first-order valence-corrected chi connectivity index (χ1v) is 9.41. The van der Waals surface area contributed by atoms with Gasteiger partial charge < -0.3 is 9.64 Å². The Kier molecular flexibility index (Phi) is 4.35. The van der Waals surface area contributed by atoms with Gasteiger partial charge in [-0.05, 0) is 24.8 Å². The van der Waals surface area contributed by atoms with Gasteiger partial charge in [-0.15, -0.1) is 5.10 Å². The second kappa shape index (κ2) is 7.13. The zero-order valence-electron chi connectivity index (χ0n) is 15.1. The third-order valence-electron chi connectivity index (χ3n) is 5.04. The molecule has 0 radical (unpaired) electrons. The van der Waals surface area contributed by atoms with Crippen LogP contribution in [0.4, 0.5) is 11.8 Å². The van der Waals surface area contributed by atoms with Gasteiger partial charge in [-0.3, -0.25) is 4.84 Å². The highest BCUT2D eigenvalue weighted by Crippen LogP contribution is 2.29. The minimum atomic E-state index is 0.477. The third-order valence-corrected chi connectivity index (χ3v) is 5.04. The van der Waals surface area contributed by atoms with Gasteiger partial charge in [-0.2, -0.15) is 9.50 Å². The van der Waals surface area contributed by atoms with E-state index in [1.807, 2.05) is 30.3 Å². The van der Waals surface area contributed by atoms with Crippen molar-refractivity contribution in [3.8, 4) is 0 Å². The van der Waals surface area contributed by atoms with Gasteiger partial charge in [0.25, 0.3) is 5.78 Å². The van der Waals surface area contributed by atoms with Gasteiger partial charge in [0, 0.05) is 18.7 Å². The summed E-state index contributed by atoms with van der Waals surface area (Å²) < 4.78 is 7.20. The van der Waals surface area contributed by atoms with Gasteiger partial charge in [0.2, 0.25) is 5.95 Å². The molecule has 0 spiro atoms. The number of benzene rings is 1. The molecule has 1 N–H and O–H groups in total. The Morgan fingerprint density at radius 1 is 1.07 bits per heavy atom. The van der Waals surface area contributed by atoms with E-state index in [2.05, 4.69) is 15.4 Å². The Balaban J connectivity index is 1.44. The highest BCUT2D eigenvalue weighted by atomic mass is 16.6. The van der Waals surface area contributed by atoms with E-state index in [1.165, 1.54) is 5.56 Å². The van der Waals surface area contributed by atoms with Crippen molar-refractivity contribution >= 4 is 17.5 Å². The molecule has 0 amide bonds. The summed E-state index contributed by atoms with van der Waals surface area (Å²) in [5.41, 5.74) is 6.51. The number of fused-ring (bicyclic) bond motifs is 2. The standard InChI is InChI=1S/C19H22N6O2/c1-2-5-14(6-3-1)13-27-23-17-15-7-4-8-16(15)20-18-21-19(22-25(17)18)24-9-11-26-12-10-24/h1-3,5-6,23H,4,7-13H2. The van der Waals surface area contributed by atoms with Crippen molar-refractivity contribution in [2.24, 2.45) is 0 Å². The molecular formula is C19H22N6O2. The van der Waals surface area contributed by atoms with Crippen LogP contribution in [0.5, 0.6) is 0 Å². The predicted octanol–water partition coefficient (Wildman–Crippen LogP) is 1.99. The fraction of sp³-hybridized carbons (Fsp3) is 0.421. The Morgan fingerprint density at radius 3 is 2.78 bits per heavy atom. The monoisotopic (exact) mass is 366 g/mol. The molecule has 1 saturated heterocycles. The molecule has 0 atom stereocenters. The van der Waals surface area contributed by atoms with Crippen molar-refractivity contribution in [1.82, 2.24) is 19.6 Å². The van der Waals surface area contributed by atoms with E-state index >= 15 is 0 Å². The fourth-order valence-corrected chi connectivity index (χ4v) is 3.63. The molecule has 1 aliphatic carbocycles. The first-order valence-electron chi connectivity index (χ1n) is 9.41. The van der Waals surface area contributed by atoms with Gasteiger partial charge >= 0.3 is 0 Å². The quantitative estimate of drug-likeness (QED) is 0.692. The Hall–Kier alpha value is -2.71. The van der Waals surface area contributed by atoms with Crippen LogP contribution in [0.2, 0.25) is 0 Å². The number of anilines is 2. The summed E-state index contributed by atoms with van der Waals surface area (Å²) in [7, 11) is 0. The third kappa shape index (κ3) is 3.22. The normalized spacial score (nSPS) is 16.7. The van der Waals surface area contributed by atoms with Gasteiger partial charge in [0.1, 0.15) is 0 Å². The van der Waals surface area contributed by atoms with Gasteiger partial charge in [-0.1, -0.05) is 30.3 Å². The lowest BCUT2D eigenvalue weighted by Gasteiger charge is -2.25. The number of hydrogen-bond acceptors (Lipinski definition) is 7. The molecule has 1 aromatic carbocycles. The van der Waals surface area contributed by atoms with Crippen LogP contribution in [0, 0.1) is 0 Å². The summed E-state index contributed by atoms with van der Waals surface area (Å²) in [5.74, 6) is 2.15. The summed E-state index contributed by atoms with van der Waals surface area (Å²) in [6.45, 7) is 3.47. The van der Waals surface area contributed by atoms with Crippen molar-refractivity contribution in [2.75, 3.05) is 36.7 Å². The molecule has 140 valence electrons. The maximum absolute atomic E-state index is 5.79. The van der Waals surface area contributed by atoms with Crippen LogP contribution >= 0.6 is 0 Å². The Morgan fingerprint density at radius 2 is 1.93 bits per heavy atom. The SMILES string of the molecule is c1ccc(CONc2c3c(nc4nc(N5CCOCC5)nn24)CCC3)cc1. The van der Waals surface area contributed by atoms with E-state index in [4.69, 9.17) is 19.7 Å². The number of nitrogens with one attached hydrogen (secondary N) is 1. The average molecular weight is 366 g/mol. The summed E-state index contributed by atoms with van der Waals surface area (Å²) in [5, 5.41) is 4.71. The molecule has 3 heterocycles. The zero-order valence-corrected chi connectivity index (χ0v) is 15.1. The van der Waals surface area contributed by atoms with Crippen LogP contribution in [0.25, 0.3) is 5.78 Å². The van der Waals surface area contributed by atoms with Crippen LogP contribution in [0.3, 0.4) is 0 Å². The summed E-state index contributed by atoms with van der Waals surface area (Å²) in [6, 6.07) is 10.1. The van der Waals surface area contributed by atoms with Gasteiger partial charge in [0.05, 0.1) is 25.5 Å². The molecule has 3 aromatic rings. The maximum Gasteiger partial charge on any atom is 0.256 e. The van der Waals surface area contributed by atoms with Gasteiger partial charge in [-0.25, -0.2) is 10.5 Å². The van der Waals surface area contributed by atoms with E-state index in [-0.39, 0.29) is 0 Å². The van der Waals surface area contributed by atoms with E-state index in [9.17, 15) is 0 Å². The number of nitrogens with zero attached hydrogens (tertiary/aromatic N) is 5. The van der Waals surface area contributed by atoms with Crippen molar-refractivity contribution in [1.29, 1.82) is 0 Å². The molecule has 0 saturated carbocycles. The lowest BCUT2D eigenvalue weighted by atomic mass is 10.2. The lowest BCUT2D eigenvalue weighted by molar-refractivity contribution is 0.122. The molecular weight excluding hydrogens is 344 g/mol. The largest absolute Gasteiger partial charge is 0.378 e. The fourth-order valence-electron chi connectivity index (χ4n) is 3.63. The molecule has 27 heavy (non-hydrogen) atoms. The molecule has 8 nitrogen and oxygen atoms in total. The van der Waals surface area contributed by atoms with E-state index in [1.54, 1.807) is 4.52 Å². The maximum atomic E-state index is 5.79. The highest BCUT2D eigenvalue weighted by molar-refractivity contribution is 5.55. The topological polar surface area (TPSA) is 76.8 Å². The second-order valence-corrected chi connectivity index (χ2v) is 6.84. The van der Waals surface area contributed by atoms with Crippen molar-refractivity contribution in [2.45, 2.75) is 25.9 Å². The number of ether oxygens (including phenoxy) is 1. The van der Waals surface area contributed by atoms with Crippen LogP contribution < -0.4 is 10.4 Å². The molecule has 5 rings (SSSR count). The molecule has 2 aromatic heterocycles. The smallest absolute Gasteiger partial charge is 0.256 e. The van der Waals surface area contributed by atoms with Crippen LogP contribution in [-0.4, -0.2) is 45.9 Å². The van der Waals surface area contributed by atoms with Crippen molar-refractivity contribution < 1.29 is 9.57 Å². The summed E-state index contributed by atoms with van der Waals surface area (Å²) >= 11 is 0. The average Bonchev–Trinajstić information content (AvgIpc) is 3.36. The minimum absolute atomic E-state index is 0.477. The number of aromatic nitrogens is 4. The summed E-state index contributed by atoms with van der Waals surface area (Å²) in [6.07, 6.45) is 3.04. The minimum Gasteiger partial charge on any atom is -0.378 e. The van der Waals surface area contributed by atoms with E-state index in [0.717, 1.165) is 49.4 Å². The summed E-state index contributed by atoms with van der Waals surface area (Å²) in [4.78, 5) is 17.3. The number of aryl methyl sites for hydroxylation is 1. The number of morpholine rings is 1. The molecule has 2 aliphatic rings. The molecule has 0 unspecified atom stereocenters. The van der Waals surface area contributed by atoms with E-state index in [0.29, 0.717) is 31.5 Å². The van der Waals surface area contributed by atoms with Crippen LogP contribution in [-0.2, 0) is 29.0 Å². The van der Waals surface area contributed by atoms with Gasteiger partial charge in [0.15, 0.2) is 5.82 Å². The highest BCUT2D eigenvalue weighted by Gasteiger charge is 2.24. The number of rotatable bonds is 5. The Bertz CT molecular complexity index is 936. The van der Waals surface area contributed by atoms with Crippen molar-refractivity contribution in [3.05, 3.63) is 47.2 Å². The molecule has 1 fully saturated rings. The lowest BCUT2D eigenvalue weighted by Crippen LogP contribution is -2.36. The second-order valence-electron chi connectivity index (χ2n) is 6.84. The molecule has 8 heteroatoms. The zero-order chi connectivity index (χ0) is 18.1.